The van der Waals surface area contributed by atoms with E-state index < -0.39 is 11.9 Å². The lowest BCUT2D eigenvalue weighted by Crippen LogP contribution is -2.23. The number of benzene rings is 1. The van der Waals surface area contributed by atoms with Crippen molar-refractivity contribution in [3.05, 3.63) is 59.2 Å². The second-order valence-corrected chi connectivity index (χ2v) is 5.06. The first-order valence-electron chi connectivity index (χ1n) is 6.98. The molecule has 4 heteroatoms. The highest BCUT2D eigenvalue weighted by Gasteiger charge is 2.34. The van der Waals surface area contributed by atoms with Crippen molar-refractivity contribution in [2.45, 2.75) is 32.1 Å². The second kappa shape index (κ2) is 6.66. The molecule has 1 aromatic carbocycles. The van der Waals surface area contributed by atoms with Gasteiger partial charge in [-0.1, -0.05) is 42.0 Å². The van der Waals surface area contributed by atoms with E-state index in [-0.39, 0.29) is 25.0 Å². The van der Waals surface area contributed by atoms with Crippen LogP contribution in [0.4, 0.5) is 8.78 Å². The smallest absolute Gasteiger partial charge is 0.334 e. The molecular weight excluding hydrogens is 274 g/mol. The Balaban J connectivity index is 2.12. The van der Waals surface area contributed by atoms with E-state index in [0.29, 0.717) is 12.0 Å². The molecule has 2 rings (SSSR count). The van der Waals surface area contributed by atoms with Crippen molar-refractivity contribution in [3.8, 4) is 0 Å². The molecule has 0 aliphatic heterocycles. The Hall–Kier alpha value is -1.97. The molecular formula is C17H18F2O2. The Kier molecular flexibility index (Phi) is 4.89. The summed E-state index contributed by atoms with van der Waals surface area (Å²) in [7, 11) is 0. The zero-order chi connectivity index (χ0) is 15.3. The molecule has 0 aromatic heterocycles. The minimum Gasteiger partial charge on any atom is -0.463 e. The summed E-state index contributed by atoms with van der Waals surface area (Å²) in [5.41, 5.74) is 1.68. The number of rotatable bonds is 4. The summed E-state index contributed by atoms with van der Waals surface area (Å²) in [6, 6.07) is 9.62. The van der Waals surface area contributed by atoms with Gasteiger partial charge in [-0.25, -0.2) is 13.6 Å². The van der Waals surface area contributed by atoms with E-state index in [2.05, 4.69) is 0 Å². The highest BCUT2D eigenvalue weighted by atomic mass is 19.3. The number of carbonyl (C=O) groups excluding carboxylic acids is 1. The fourth-order valence-corrected chi connectivity index (χ4v) is 2.34. The second-order valence-electron chi connectivity index (χ2n) is 5.06. The molecule has 0 radical (unpaired) electrons. The molecule has 0 fully saturated rings. The third-order valence-corrected chi connectivity index (χ3v) is 3.27. The minimum absolute atomic E-state index is 0.0485. The van der Waals surface area contributed by atoms with Crippen LogP contribution in [-0.4, -0.2) is 18.5 Å². The van der Waals surface area contributed by atoms with Crippen molar-refractivity contribution < 1.29 is 18.3 Å². The predicted octanol–water partition coefficient (Wildman–Crippen LogP) is 4.07. The van der Waals surface area contributed by atoms with Crippen molar-refractivity contribution in [1.29, 1.82) is 0 Å². The number of esters is 1. The molecule has 0 unspecified atom stereocenters. The number of allylic oxidation sites excluding steroid dienone is 3. The van der Waals surface area contributed by atoms with Crippen LogP contribution < -0.4 is 0 Å². The molecule has 2 nitrogen and oxygen atoms in total. The summed E-state index contributed by atoms with van der Waals surface area (Å²) < 4.78 is 32.2. The summed E-state index contributed by atoms with van der Waals surface area (Å²) >= 11 is 0. The largest absolute Gasteiger partial charge is 0.463 e. The van der Waals surface area contributed by atoms with E-state index in [1.165, 1.54) is 0 Å². The molecule has 0 bridgehead atoms. The maximum absolute atomic E-state index is 13.7. The van der Waals surface area contributed by atoms with Gasteiger partial charge in [0.25, 0.3) is 5.92 Å². The highest BCUT2D eigenvalue weighted by molar-refractivity contribution is 5.89. The van der Waals surface area contributed by atoms with Crippen LogP contribution in [-0.2, 0) is 16.0 Å². The lowest BCUT2D eigenvalue weighted by molar-refractivity contribution is -0.139. The topological polar surface area (TPSA) is 26.3 Å². The molecule has 0 N–H and O–H groups in total. The third-order valence-electron chi connectivity index (χ3n) is 3.27. The normalized spacial score (nSPS) is 19.2. The zero-order valence-corrected chi connectivity index (χ0v) is 11.9. The summed E-state index contributed by atoms with van der Waals surface area (Å²) in [5, 5.41) is 0. The Morgan fingerprint density at radius 3 is 2.71 bits per heavy atom. The van der Waals surface area contributed by atoms with Gasteiger partial charge in [0.15, 0.2) is 0 Å². The summed E-state index contributed by atoms with van der Waals surface area (Å²) in [4.78, 5) is 11.7. The number of halogens is 2. The minimum atomic E-state index is -2.98. The Bertz CT molecular complexity index is 559. The first kappa shape index (κ1) is 15.4. The first-order chi connectivity index (χ1) is 10.00. The molecule has 21 heavy (non-hydrogen) atoms. The fourth-order valence-electron chi connectivity index (χ4n) is 2.34. The van der Waals surface area contributed by atoms with Gasteiger partial charge in [0.2, 0.25) is 0 Å². The van der Waals surface area contributed by atoms with E-state index in [1.54, 1.807) is 13.0 Å². The molecule has 1 aromatic rings. The van der Waals surface area contributed by atoms with E-state index in [1.807, 2.05) is 30.3 Å². The van der Waals surface area contributed by atoms with Crippen molar-refractivity contribution in [3.63, 3.8) is 0 Å². The van der Waals surface area contributed by atoms with Gasteiger partial charge in [-0.2, -0.15) is 0 Å². The summed E-state index contributed by atoms with van der Waals surface area (Å²) in [6.45, 7) is 1.84. The maximum Gasteiger partial charge on any atom is 0.334 e. The zero-order valence-electron chi connectivity index (χ0n) is 11.9. The van der Waals surface area contributed by atoms with Crippen LogP contribution in [0.3, 0.4) is 0 Å². The SMILES string of the molecule is CCOC(=O)C1=CC(F)(F)C/C(=C\Cc2ccccc2)C1. The van der Waals surface area contributed by atoms with Crippen LogP contribution in [0.15, 0.2) is 53.6 Å². The number of hydrogen-bond donors (Lipinski definition) is 0. The van der Waals surface area contributed by atoms with Crippen molar-refractivity contribution >= 4 is 5.97 Å². The Morgan fingerprint density at radius 1 is 1.33 bits per heavy atom. The monoisotopic (exact) mass is 292 g/mol. The highest BCUT2D eigenvalue weighted by Crippen LogP contribution is 2.35. The van der Waals surface area contributed by atoms with E-state index >= 15 is 0 Å². The van der Waals surface area contributed by atoms with Crippen molar-refractivity contribution in [1.82, 2.24) is 0 Å². The molecule has 0 amide bonds. The molecule has 0 saturated carbocycles. The molecule has 0 heterocycles. The molecule has 112 valence electrons. The van der Waals surface area contributed by atoms with Gasteiger partial charge in [-0.15, -0.1) is 0 Å². The van der Waals surface area contributed by atoms with Gasteiger partial charge in [-0.3, -0.25) is 0 Å². The maximum atomic E-state index is 13.7. The lowest BCUT2D eigenvalue weighted by Gasteiger charge is -2.22. The number of carbonyl (C=O) groups is 1. The fraction of sp³-hybridized carbons (Fsp3) is 0.353. The molecule has 0 spiro atoms. The van der Waals surface area contributed by atoms with E-state index in [9.17, 15) is 13.6 Å². The van der Waals surface area contributed by atoms with Crippen LogP contribution in [0.1, 0.15) is 25.3 Å². The van der Waals surface area contributed by atoms with Crippen LogP contribution >= 0.6 is 0 Å². The summed E-state index contributed by atoms with van der Waals surface area (Å²) in [5.74, 6) is -3.63. The average molecular weight is 292 g/mol. The van der Waals surface area contributed by atoms with Crippen LogP contribution in [0.2, 0.25) is 0 Å². The standard InChI is InChI=1S/C17H18F2O2/c1-2-21-16(20)15-10-14(11-17(18,19)12-15)9-8-13-6-4-3-5-7-13/h3-7,9,12H,2,8,10-11H2,1H3/b14-9-. The van der Waals surface area contributed by atoms with Crippen molar-refractivity contribution in [2.24, 2.45) is 0 Å². The average Bonchev–Trinajstić information content (AvgIpc) is 2.45. The van der Waals surface area contributed by atoms with Gasteiger partial charge >= 0.3 is 5.97 Å². The Morgan fingerprint density at radius 2 is 2.05 bits per heavy atom. The molecule has 0 saturated heterocycles. The van der Waals surface area contributed by atoms with Crippen LogP contribution in [0, 0.1) is 0 Å². The van der Waals surface area contributed by atoms with Gasteiger partial charge in [0, 0.05) is 18.4 Å². The van der Waals surface area contributed by atoms with Gasteiger partial charge < -0.3 is 4.74 Å². The van der Waals surface area contributed by atoms with Gasteiger partial charge in [0.05, 0.1) is 6.61 Å². The third kappa shape index (κ3) is 4.52. The summed E-state index contributed by atoms with van der Waals surface area (Å²) in [6.07, 6.45) is 3.02. The molecule has 0 atom stereocenters. The predicted molar refractivity (Wildman–Crippen MR) is 77.1 cm³/mol. The van der Waals surface area contributed by atoms with Gasteiger partial charge in [-0.05, 0) is 25.0 Å². The van der Waals surface area contributed by atoms with E-state index in [4.69, 9.17) is 4.74 Å². The van der Waals surface area contributed by atoms with Crippen LogP contribution in [0.25, 0.3) is 0 Å². The van der Waals surface area contributed by atoms with E-state index in [0.717, 1.165) is 11.6 Å². The molecule has 1 aliphatic rings. The number of hydrogen-bond acceptors (Lipinski definition) is 2. The van der Waals surface area contributed by atoms with Crippen LogP contribution in [0.5, 0.6) is 0 Å². The number of alkyl halides is 2. The quantitative estimate of drug-likeness (QED) is 0.617. The van der Waals surface area contributed by atoms with Gasteiger partial charge in [0.1, 0.15) is 0 Å². The Labute approximate surface area is 123 Å². The number of ether oxygens (including phenoxy) is 1. The molecule has 1 aliphatic carbocycles. The van der Waals surface area contributed by atoms with Crippen molar-refractivity contribution in [2.75, 3.05) is 6.61 Å². The lowest BCUT2D eigenvalue weighted by atomic mass is 9.90. The first-order valence-corrected chi connectivity index (χ1v) is 6.98.